The molecule has 0 aliphatic rings. The molecule has 12 heavy (non-hydrogen) atoms. The first-order chi connectivity index (χ1) is 5.65. The van der Waals surface area contributed by atoms with E-state index in [2.05, 4.69) is 4.99 Å². The summed E-state index contributed by atoms with van der Waals surface area (Å²) in [5.41, 5.74) is 0.954. The number of hydrogen-bond donors (Lipinski definition) is 0. The molecular weight excluding hydrogens is 154 g/mol. The molecule has 0 radical (unpaired) electrons. The smallest absolute Gasteiger partial charge is 0.235 e. The van der Waals surface area contributed by atoms with Gasteiger partial charge in [0.1, 0.15) is 11.5 Å². The maximum Gasteiger partial charge on any atom is 0.235 e. The lowest BCUT2D eigenvalue weighted by atomic mass is 10.1. The average Bonchev–Trinajstić information content (AvgIpc) is 2.30. The third-order valence-corrected chi connectivity index (χ3v) is 1.78. The van der Waals surface area contributed by atoms with Gasteiger partial charge >= 0.3 is 0 Å². The van der Waals surface area contributed by atoms with Gasteiger partial charge in [0.05, 0.1) is 6.04 Å². The molecule has 0 aliphatic heterocycles. The van der Waals surface area contributed by atoms with Crippen LogP contribution >= 0.6 is 0 Å². The summed E-state index contributed by atoms with van der Waals surface area (Å²) in [7, 11) is 0. The second-order valence-electron chi connectivity index (χ2n) is 2.76. The average molecular weight is 165 g/mol. The van der Waals surface area contributed by atoms with Crippen molar-refractivity contribution in [3.05, 3.63) is 23.2 Å². The van der Waals surface area contributed by atoms with Crippen molar-refractivity contribution in [3.63, 3.8) is 0 Å². The van der Waals surface area contributed by atoms with Crippen LogP contribution in [-0.2, 0) is 4.79 Å². The highest BCUT2D eigenvalue weighted by atomic mass is 16.3. The Morgan fingerprint density at radius 3 is 2.67 bits per heavy atom. The molecule has 64 valence electrons. The predicted molar refractivity (Wildman–Crippen MR) is 44.7 cm³/mol. The van der Waals surface area contributed by atoms with Crippen LogP contribution in [0.2, 0.25) is 0 Å². The number of furan rings is 1. The van der Waals surface area contributed by atoms with Gasteiger partial charge < -0.3 is 4.42 Å². The van der Waals surface area contributed by atoms with Gasteiger partial charge in [0.25, 0.3) is 0 Å². The van der Waals surface area contributed by atoms with Crippen LogP contribution in [0, 0.1) is 13.8 Å². The highest BCUT2D eigenvalue weighted by Crippen LogP contribution is 2.23. The number of hydrogen-bond acceptors (Lipinski definition) is 3. The lowest BCUT2D eigenvalue weighted by molar-refractivity contribution is 0.498. The molecule has 0 N–H and O–H groups in total. The largest absolute Gasteiger partial charge is 0.466 e. The van der Waals surface area contributed by atoms with Crippen LogP contribution < -0.4 is 0 Å². The third-order valence-electron chi connectivity index (χ3n) is 1.78. The molecule has 0 aromatic carbocycles. The molecule has 0 fully saturated rings. The number of isocyanates is 1. The molecule has 3 nitrogen and oxygen atoms in total. The fraction of sp³-hybridized carbons (Fsp3) is 0.444. The van der Waals surface area contributed by atoms with Crippen LogP contribution in [0.25, 0.3) is 0 Å². The lowest BCUT2D eigenvalue weighted by Gasteiger charge is -1.99. The summed E-state index contributed by atoms with van der Waals surface area (Å²) in [6.45, 7) is 5.56. The van der Waals surface area contributed by atoms with Crippen molar-refractivity contribution < 1.29 is 9.21 Å². The maximum absolute atomic E-state index is 9.98. The molecule has 0 amide bonds. The molecule has 3 heteroatoms. The van der Waals surface area contributed by atoms with Gasteiger partial charge in [-0.1, -0.05) is 0 Å². The zero-order chi connectivity index (χ0) is 9.14. The maximum atomic E-state index is 9.98. The van der Waals surface area contributed by atoms with E-state index in [0.717, 1.165) is 17.1 Å². The van der Waals surface area contributed by atoms with Gasteiger partial charge in [-0.2, -0.15) is 4.99 Å². The highest BCUT2D eigenvalue weighted by Gasteiger charge is 2.10. The van der Waals surface area contributed by atoms with E-state index < -0.39 is 0 Å². The summed E-state index contributed by atoms with van der Waals surface area (Å²) < 4.78 is 5.29. The molecule has 0 unspecified atom stereocenters. The van der Waals surface area contributed by atoms with Crippen LogP contribution in [0.3, 0.4) is 0 Å². The van der Waals surface area contributed by atoms with Gasteiger partial charge in [-0.3, -0.25) is 0 Å². The first-order valence-corrected chi connectivity index (χ1v) is 3.79. The zero-order valence-electron chi connectivity index (χ0n) is 7.42. The topological polar surface area (TPSA) is 42.6 Å². The van der Waals surface area contributed by atoms with E-state index in [1.807, 2.05) is 26.8 Å². The van der Waals surface area contributed by atoms with E-state index in [4.69, 9.17) is 4.42 Å². The number of carbonyl (C=O) groups excluding carboxylic acids is 1. The molecule has 1 rings (SSSR count). The Morgan fingerprint density at radius 1 is 1.58 bits per heavy atom. The second-order valence-corrected chi connectivity index (χ2v) is 2.76. The summed E-state index contributed by atoms with van der Waals surface area (Å²) in [6, 6.07) is 1.74. The van der Waals surface area contributed by atoms with Gasteiger partial charge in [-0.15, -0.1) is 0 Å². The van der Waals surface area contributed by atoms with E-state index in [-0.39, 0.29) is 6.04 Å². The molecule has 1 heterocycles. The molecule has 0 saturated heterocycles. The Morgan fingerprint density at radius 2 is 2.25 bits per heavy atom. The standard InChI is InChI=1S/C9H11NO2/c1-6-4-9(8(3)12-6)7(2)10-5-11/h4,7H,1-3H3/t7-/m0/s1. The van der Waals surface area contributed by atoms with Crippen molar-refractivity contribution in [1.29, 1.82) is 0 Å². The van der Waals surface area contributed by atoms with Crippen molar-refractivity contribution in [1.82, 2.24) is 0 Å². The summed E-state index contributed by atoms with van der Waals surface area (Å²) in [6.07, 6.45) is 1.54. The van der Waals surface area contributed by atoms with Gasteiger partial charge in [0.2, 0.25) is 6.08 Å². The second kappa shape index (κ2) is 3.37. The summed E-state index contributed by atoms with van der Waals surface area (Å²) in [4.78, 5) is 13.6. The van der Waals surface area contributed by atoms with E-state index in [9.17, 15) is 4.79 Å². The zero-order valence-corrected chi connectivity index (χ0v) is 7.42. The predicted octanol–water partition coefficient (Wildman–Crippen LogP) is 2.29. The molecule has 1 atom stereocenters. The SMILES string of the molecule is Cc1cc([C@H](C)N=C=O)c(C)o1. The first-order valence-electron chi connectivity index (χ1n) is 3.79. The molecule has 1 aromatic rings. The quantitative estimate of drug-likeness (QED) is 0.498. The summed E-state index contributed by atoms with van der Waals surface area (Å²) >= 11 is 0. The minimum atomic E-state index is -0.153. The van der Waals surface area contributed by atoms with Crippen molar-refractivity contribution in [2.75, 3.05) is 0 Å². The fourth-order valence-electron chi connectivity index (χ4n) is 1.21. The van der Waals surface area contributed by atoms with Crippen molar-refractivity contribution in [2.24, 2.45) is 4.99 Å². The monoisotopic (exact) mass is 165 g/mol. The molecule has 1 aromatic heterocycles. The van der Waals surface area contributed by atoms with Crippen molar-refractivity contribution >= 4 is 6.08 Å². The fourth-order valence-corrected chi connectivity index (χ4v) is 1.21. The number of nitrogens with zero attached hydrogens (tertiary/aromatic N) is 1. The number of rotatable bonds is 2. The van der Waals surface area contributed by atoms with E-state index in [1.54, 1.807) is 0 Å². The molecule has 0 bridgehead atoms. The Balaban J connectivity index is 3.01. The van der Waals surface area contributed by atoms with Crippen LogP contribution in [0.1, 0.15) is 30.0 Å². The Hall–Kier alpha value is -1.34. The first kappa shape index (κ1) is 8.75. The van der Waals surface area contributed by atoms with Gasteiger partial charge in [-0.25, -0.2) is 4.79 Å². The number of aryl methyl sites for hydroxylation is 2. The molecular formula is C9H11NO2. The van der Waals surface area contributed by atoms with Gasteiger partial charge in [0.15, 0.2) is 0 Å². The number of aliphatic imine (C=N–C) groups is 1. The summed E-state index contributed by atoms with van der Waals surface area (Å²) in [5.74, 6) is 1.66. The van der Waals surface area contributed by atoms with Crippen LogP contribution in [0.15, 0.2) is 15.5 Å². The van der Waals surface area contributed by atoms with Crippen molar-refractivity contribution in [3.8, 4) is 0 Å². The molecule has 0 saturated carbocycles. The van der Waals surface area contributed by atoms with E-state index in [1.165, 1.54) is 6.08 Å². The molecule has 0 aliphatic carbocycles. The van der Waals surface area contributed by atoms with E-state index >= 15 is 0 Å². The Labute approximate surface area is 71.1 Å². The van der Waals surface area contributed by atoms with Crippen LogP contribution in [0.5, 0.6) is 0 Å². The van der Waals surface area contributed by atoms with Gasteiger partial charge in [-0.05, 0) is 26.8 Å². The Bertz CT molecular complexity index is 321. The van der Waals surface area contributed by atoms with Crippen LogP contribution in [0.4, 0.5) is 0 Å². The lowest BCUT2D eigenvalue weighted by Crippen LogP contribution is -1.88. The minimum absolute atomic E-state index is 0.153. The summed E-state index contributed by atoms with van der Waals surface area (Å²) in [5, 5.41) is 0. The highest BCUT2D eigenvalue weighted by molar-refractivity contribution is 5.36. The molecule has 0 spiro atoms. The van der Waals surface area contributed by atoms with Crippen LogP contribution in [-0.4, -0.2) is 6.08 Å². The van der Waals surface area contributed by atoms with E-state index in [0.29, 0.717) is 0 Å². The van der Waals surface area contributed by atoms with Gasteiger partial charge in [0, 0.05) is 5.56 Å². The minimum Gasteiger partial charge on any atom is -0.466 e. The van der Waals surface area contributed by atoms with Crippen molar-refractivity contribution in [2.45, 2.75) is 26.8 Å². The normalized spacial score (nSPS) is 12.2. The Kier molecular flexibility index (Phi) is 2.46. The third kappa shape index (κ3) is 1.63.